The molecule has 0 aliphatic carbocycles. The van der Waals surface area contributed by atoms with Crippen LogP contribution in [0.3, 0.4) is 0 Å². The monoisotopic (exact) mass is 337 g/mol. The van der Waals surface area contributed by atoms with Crippen LogP contribution in [0.25, 0.3) is 11.4 Å². The van der Waals surface area contributed by atoms with Crippen LogP contribution < -0.4 is 0 Å². The Morgan fingerprint density at radius 2 is 1.96 bits per heavy atom. The summed E-state index contributed by atoms with van der Waals surface area (Å²) in [4.78, 5) is 18.7. The van der Waals surface area contributed by atoms with Gasteiger partial charge in [-0.1, -0.05) is 47.6 Å². The molecule has 1 N–H and O–H groups in total. The van der Waals surface area contributed by atoms with E-state index < -0.39 is 0 Å². The first kappa shape index (κ1) is 16.9. The van der Waals surface area contributed by atoms with Gasteiger partial charge in [-0.2, -0.15) is 4.98 Å². The first-order chi connectivity index (χ1) is 12.2. The smallest absolute Gasteiger partial charge is 0.254 e. The second-order valence-corrected chi connectivity index (χ2v) is 5.65. The molecule has 2 aromatic carbocycles. The Morgan fingerprint density at radius 1 is 1.16 bits per heavy atom. The van der Waals surface area contributed by atoms with Gasteiger partial charge in [0.1, 0.15) is 0 Å². The molecule has 6 nitrogen and oxygen atoms in total. The number of rotatable bonds is 6. The van der Waals surface area contributed by atoms with E-state index in [4.69, 9.17) is 4.52 Å². The van der Waals surface area contributed by atoms with Gasteiger partial charge in [0.25, 0.3) is 5.91 Å². The van der Waals surface area contributed by atoms with Gasteiger partial charge in [0.05, 0.1) is 6.61 Å². The number of carbonyl (C=O) groups excluding carboxylic acids is 1. The zero-order valence-corrected chi connectivity index (χ0v) is 13.9. The number of benzene rings is 2. The van der Waals surface area contributed by atoms with Crippen molar-refractivity contribution in [2.75, 3.05) is 13.2 Å². The normalized spacial score (nSPS) is 10.6. The molecule has 0 radical (unpaired) electrons. The molecule has 0 spiro atoms. The molecule has 1 aromatic heterocycles. The molecule has 6 heteroatoms. The third kappa shape index (κ3) is 4.10. The zero-order chi connectivity index (χ0) is 17.6. The summed E-state index contributed by atoms with van der Waals surface area (Å²) in [6, 6.07) is 16.8. The fourth-order valence-electron chi connectivity index (χ4n) is 2.57. The van der Waals surface area contributed by atoms with E-state index in [0.29, 0.717) is 29.4 Å². The second kappa shape index (κ2) is 7.72. The number of aliphatic hydroxyl groups excluding tert-OH is 1. The number of aromatic nitrogens is 2. The highest BCUT2D eigenvalue weighted by molar-refractivity contribution is 5.95. The van der Waals surface area contributed by atoms with Gasteiger partial charge in [-0.15, -0.1) is 0 Å². The molecule has 25 heavy (non-hydrogen) atoms. The molecule has 0 unspecified atom stereocenters. The molecule has 0 aliphatic heterocycles. The van der Waals surface area contributed by atoms with Crippen LogP contribution in [0.5, 0.6) is 0 Å². The maximum absolute atomic E-state index is 12.9. The highest BCUT2D eigenvalue weighted by Crippen LogP contribution is 2.19. The average Bonchev–Trinajstić information content (AvgIpc) is 3.08. The Labute approximate surface area is 145 Å². The minimum atomic E-state index is -0.153. The summed E-state index contributed by atoms with van der Waals surface area (Å²) in [5, 5.41) is 13.2. The fourth-order valence-corrected chi connectivity index (χ4v) is 2.57. The third-order valence-corrected chi connectivity index (χ3v) is 3.77. The molecule has 0 saturated carbocycles. The minimum Gasteiger partial charge on any atom is -0.395 e. The van der Waals surface area contributed by atoms with E-state index in [9.17, 15) is 9.90 Å². The Morgan fingerprint density at radius 3 is 2.64 bits per heavy atom. The van der Waals surface area contributed by atoms with Crippen LogP contribution in [0.15, 0.2) is 59.1 Å². The van der Waals surface area contributed by atoms with Crippen LogP contribution in [-0.4, -0.2) is 39.2 Å². The maximum Gasteiger partial charge on any atom is 0.254 e. The minimum absolute atomic E-state index is 0.0949. The lowest BCUT2D eigenvalue weighted by molar-refractivity contribution is 0.0708. The molecule has 1 heterocycles. The number of hydrogen-bond donors (Lipinski definition) is 1. The fraction of sp³-hybridized carbons (Fsp3) is 0.211. The van der Waals surface area contributed by atoms with Crippen LogP contribution >= 0.6 is 0 Å². The predicted octanol–water partition coefficient (Wildman–Crippen LogP) is 2.68. The van der Waals surface area contributed by atoms with Crippen molar-refractivity contribution in [3.8, 4) is 11.4 Å². The number of aryl methyl sites for hydroxylation is 1. The predicted molar refractivity (Wildman–Crippen MR) is 92.7 cm³/mol. The molecule has 0 saturated heterocycles. The number of carbonyl (C=O) groups is 1. The number of nitrogens with zero attached hydrogens (tertiary/aromatic N) is 3. The third-order valence-electron chi connectivity index (χ3n) is 3.77. The molecule has 0 aliphatic rings. The molecule has 0 fully saturated rings. The molecule has 3 aromatic rings. The van der Waals surface area contributed by atoms with Gasteiger partial charge in [0.2, 0.25) is 11.7 Å². The van der Waals surface area contributed by atoms with Gasteiger partial charge in [0, 0.05) is 31.1 Å². The van der Waals surface area contributed by atoms with E-state index >= 15 is 0 Å². The first-order valence-electron chi connectivity index (χ1n) is 8.02. The largest absolute Gasteiger partial charge is 0.395 e. The van der Waals surface area contributed by atoms with Crippen LogP contribution in [0.1, 0.15) is 21.8 Å². The van der Waals surface area contributed by atoms with Gasteiger partial charge in [-0.3, -0.25) is 4.79 Å². The standard InChI is InChI=1S/C19H19N3O3/c1-14-20-18(21-25-14)16-8-5-9-17(12-16)19(24)22(10-11-23)13-15-6-3-2-4-7-15/h2-9,12,23H,10-11,13H2,1H3. The zero-order valence-electron chi connectivity index (χ0n) is 13.9. The van der Waals surface area contributed by atoms with Crippen molar-refractivity contribution in [2.45, 2.75) is 13.5 Å². The molecular weight excluding hydrogens is 318 g/mol. The lowest BCUT2D eigenvalue weighted by Gasteiger charge is -2.22. The van der Waals surface area contributed by atoms with Crippen molar-refractivity contribution in [3.05, 3.63) is 71.6 Å². The summed E-state index contributed by atoms with van der Waals surface area (Å²) in [5.74, 6) is 0.765. The van der Waals surface area contributed by atoms with Gasteiger partial charge in [-0.25, -0.2) is 0 Å². The van der Waals surface area contributed by atoms with Crippen molar-refractivity contribution < 1.29 is 14.4 Å². The maximum atomic E-state index is 12.9. The van der Waals surface area contributed by atoms with Gasteiger partial charge < -0.3 is 14.5 Å². The Balaban J connectivity index is 1.84. The Bertz CT molecular complexity index is 846. The lowest BCUT2D eigenvalue weighted by Crippen LogP contribution is -2.33. The van der Waals surface area contributed by atoms with E-state index in [0.717, 1.165) is 5.56 Å². The van der Waals surface area contributed by atoms with Crippen molar-refractivity contribution in [1.29, 1.82) is 0 Å². The van der Waals surface area contributed by atoms with Gasteiger partial charge >= 0.3 is 0 Å². The number of aliphatic hydroxyl groups is 1. The van der Waals surface area contributed by atoms with E-state index in [1.165, 1.54) is 0 Å². The van der Waals surface area contributed by atoms with Gasteiger partial charge in [-0.05, 0) is 17.7 Å². The molecule has 128 valence electrons. The van der Waals surface area contributed by atoms with Gasteiger partial charge in [0.15, 0.2) is 0 Å². The van der Waals surface area contributed by atoms with E-state index in [-0.39, 0.29) is 19.1 Å². The highest BCUT2D eigenvalue weighted by Gasteiger charge is 2.17. The van der Waals surface area contributed by atoms with Crippen LogP contribution in [-0.2, 0) is 6.54 Å². The molecular formula is C19H19N3O3. The van der Waals surface area contributed by atoms with Crippen molar-refractivity contribution in [3.63, 3.8) is 0 Å². The Hall–Kier alpha value is -2.99. The highest BCUT2D eigenvalue weighted by atomic mass is 16.5. The molecule has 1 amide bonds. The van der Waals surface area contributed by atoms with E-state index in [1.54, 1.807) is 30.0 Å². The van der Waals surface area contributed by atoms with Crippen molar-refractivity contribution in [1.82, 2.24) is 15.0 Å². The summed E-state index contributed by atoms with van der Waals surface area (Å²) in [6.07, 6.45) is 0. The second-order valence-electron chi connectivity index (χ2n) is 5.65. The first-order valence-corrected chi connectivity index (χ1v) is 8.02. The molecule has 3 rings (SSSR count). The van der Waals surface area contributed by atoms with Crippen LogP contribution in [0.2, 0.25) is 0 Å². The topological polar surface area (TPSA) is 79.5 Å². The quantitative estimate of drug-likeness (QED) is 0.748. The Kier molecular flexibility index (Phi) is 5.20. The summed E-state index contributed by atoms with van der Waals surface area (Å²) in [5.41, 5.74) is 2.24. The summed E-state index contributed by atoms with van der Waals surface area (Å²) < 4.78 is 4.99. The van der Waals surface area contributed by atoms with Crippen LogP contribution in [0.4, 0.5) is 0 Å². The summed E-state index contributed by atoms with van der Waals surface area (Å²) in [6.45, 7) is 2.32. The summed E-state index contributed by atoms with van der Waals surface area (Å²) in [7, 11) is 0. The number of amides is 1. The van der Waals surface area contributed by atoms with E-state index in [1.807, 2.05) is 36.4 Å². The van der Waals surface area contributed by atoms with E-state index in [2.05, 4.69) is 10.1 Å². The van der Waals surface area contributed by atoms with Crippen molar-refractivity contribution in [2.24, 2.45) is 0 Å². The van der Waals surface area contributed by atoms with Crippen molar-refractivity contribution >= 4 is 5.91 Å². The van der Waals surface area contributed by atoms with Crippen LogP contribution in [0, 0.1) is 6.92 Å². The lowest BCUT2D eigenvalue weighted by atomic mass is 10.1. The molecule has 0 bridgehead atoms. The molecule has 0 atom stereocenters. The SMILES string of the molecule is Cc1nc(-c2cccc(C(=O)N(CCO)Cc3ccccc3)c2)no1. The average molecular weight is 337 g/mol. The summed E-state index contributed by atoms with van der Waals surface area (Å²) >= 11 is 0. The number of hydrogen-bond acceptors (Lipinski definition) is 5.